The fraction of sp³-hybridized carbons (Fsp3) is 0.474. The van der Waals surface area contributed by atoms with E-state index in [2.05, 4.69) is 15.7 Å². The SMILES string of the molecule is Cc1nn(C)c(C)c1CC(C)NC(=O)NC1c2ccccc2CC1O. The Hall–Kier alpha value is -2.34. The minimum Gasteiger partial charge on any atom is -0.390 e. The lowest BCUT2D eigenvalue weighted by atomic mass is 10.1. The zero-order valence-corrected chi connectivity index (χ0v) is 15.2. The van der Waals surface area contributed by atoms with Crippen LogP contribution in [0.1, 0.15) is 41.0 Å². The first-order valence-electron chi connectivity index (χ1n) is 8.68. The molecular weight excluding hydrogens is 316 g/mol. The first-order valence-corrected chi connectivity index (χ1v) is 8.68. The zero-order chi connectivity index (χ0) is 18.1. The highest BCUT2D eigenvalue weighted by Crippen LogP contribution is 2.31. The largest absolute Gasteiger partial charge is 0.390 e. The lowest BCUT2D eigenvalue weighted by Crippen LogP contribution is -2.45. The highest BCUT2D eigenvalue weighted by atomic mass is 16.3. The number of carbonyl (C=O) groups excluding carboxylic acids is 1. The second-order valence-electron chi connectivity index (χ2n) is 6.94. The van der Waals surface area contributed by atoms with E-state index in [4.69, 9.17) is 0 Å². The van der Waals surface area contributed by atoms with Gasteiger partial charge in [-0.25, -0.2) is 4.79 Å². The van der Waals surface area contributed by atoms with Gasteiger partial charge in [-0.1, -0.05) is 24.3 Å². The van der Waals surface area contributed by atoms with Crippen molar-refractivity contribution in [2.75, 3.05) is 0 Å². The van der Waals surface area contributed by atoms with E-state index in [0.717, 1.165) is 28.9 Å². The van der Waals surface area contributed by atoms with Gasteiger partial charge in [0.25, 0.3) is 0 Å². The average Bonchev–Trinajstić information content (AvgIpc) is 2.98. The Balaban J connectivity index is 1.61. The van der Waals surface area contributed by atoms with Crippen molar-refractivity contribution in [3.05, 3.63) is 52.3 Å². The van der Waals surface area contributed by atoms with Crippen LogP contribution in [0.4, 0.5) is 4.79 Å². The molecule has 0 saturated carbocycles. The number of fused-ring (bicyclic) bond motifs is 1. The standard InChI is InChI=1S/C19H26N4O2/c1-11(9-16-12(2)22-23(4)13(16)3)20-19(25)21-18-15-8-6-5-7-14(15)10-17(18)24/h5-8,11,17-18,24H,9-10H2,1-4H3,(H2,20,21,25). The molecule has 0 bridgehead atoms. The molecule has 6 heteroatoms. The lowest BCUT2D eigenvalue weighted by molar-refractivity contribution is 0.142. The first-order chi connectivity index (χ1) is 11.9. The monoisotopic (exact) mass is 342 g/mol. The molecule has 2 amide bonds. The van der Waals surface area contributed by atoms with E-state index in [1.54, 1.807) is 0 Å². The van der Waals surface area contributed by atoms with Crippen LogP contribution in [-0.2, 0) is 19.9 Å². The summed E-state index contributed by atoms with van der Waals surface area (Å²) >= 11 is 0. The van der Waals surface area contributed by atoms with Gasteiger partial charge in [0.1, 0.15) is 0 Å². The number of nitrogens with zero attached hydrogens (tertiary/aromatic N) is 2. The van der Waals surface area contributed by atoms with Gasteiger partial charge in [-0.15, -0.1) is 0 Å². The summed E-state index contributed by atoms with van der Waals surface area (Å²) in [4.78, 5) is 12.4. The third-order valence-corrected chi connectivity index (χ3v) is 5.04. The molecule has 2 aromatic rings. The van der Waals surface area contributed by atoms with Crippen molar-refractivity contribution in [1.82, 2.24) is 20.4 Å². The van der Waals surface area contributed by atoms with E-state index in [0.29, 0.717) is 6.42 Å². The van der Waals surface area contributed by atoms with Gasteiger partial charge in [0.05, 0.1) is 17.8 Å². The molecule has 1 aliphatic rings. The van der Waals surface area contributed by atoms with Crippen molar-refractivity contribution in [3.63, 3.8) is 0 Å². The third kappa shape index (κ3) is 3.54. The summed E-state index contributed by atoms with van der Waals surface area (Å²) in [6.45, 7) is 6.00. The van der Waals surface area contributed by atoms with Crippen LogP contribution in [-0.4, -0.2) is 33.1 Å². The number of aromatic nitrogens is 2. The summed E-state index contributed by atoms with van der Waals surface area (Å²) in [6.07, 6.45) is 0.717. The Morgan fingerprint density at radius 1 is 1.40 bits per heavy atom. The molecule has 3 rings (SSSR count). The van der Waals surface area contributed by atoms with E-state index in [1.807, 2.05) is 56.8 Å². The summed E-state index contributed by atoms with van der Waals surface area (Å²) in [5, 5.41) is 20.6. The summed E-state index contributed by atoms with van der Waals surface area (Å²) < 4.78 is 1.86. The number of aliphatic hydroxyl groups is 1. The molecule has 0 aliphatic heterocycles. The van der Waals surface area contributed by atoms with Crippen molar-refractivity contribution in [2.45, 2.75) is 51.8 Å². The molecule has 0 spiro atoms. The van der Waals surface area contributed by atoms with Gasteiger partial charge in [0, 0.05) is 25.2 Å². The second-order valence-corrected chi connectivity index (χ2v) is 6.94. The summed E-state index contributed by atoms with van der Waals surface area (Å²) in [7, 11) is 1.93. The van der Waals surface area contributed by atoms with E-state index >= 15 is 0 Å². The number of urea groups is 1. The predicted molar refractivity (Wildman–Crippen MR) is 96.4 cm³/mol. The fourth-order valence-electron chi connectivity index (χ4n) is 3.62. The number of benzene rings is 1. The molecule has 25 heavy (non-hydrogen) atoms. The Bertz CT molecular complexity index is 784. The zero-order valence-electron chi connectivity index (χ0n) is 15.2. The van der Waals surface area contributed by atoms with Crippen molar-refractivity contribution in [3.8, 4) is 0 Å². The quantitative estimate of drug-likeness (QED) is 0.794. The molecular formula is C19H26N4O2. The highest BCUT2D eigenvalue weighted by Gasteiger charge is 2.32. The first kappa shape index (κ1) is 17.5. The number of nitrogens with one attached hydrogen (secondary N) is 2. The van der Waals surface area contributed by atoms with Crippen LogP contribution in [0.5, 0.6) is 0 Å². The van der Waals surface area contributed by atoms with Gasteiger partial charge in [0.15, 0.2) is 0 Å². The smallest absolute Gasteiger partial charge is 0.315 e. The van der Waals surface area contributed by atoms with Crippen LogP contribution in [0.15, 0.2) is 24.3 Å². The maximum atomic E-state index is 12.4. The molecule has 1 aromatic heterocycles. The molecule has 3 N–H and O–H groups in total. The van der Waals surface area contributed by atoms with Crippen LogP contribution in [0, 0.1) is 13.8 Å². The molecule has 0 fully saturated rings. The third-order valence-electron chi connectivity index (χ3n) is 5.04. The fourth-order valence-corrected chi connectivity index (χ4v) is 3.62. The van der Waals surface area contributed by atoms with Crippen molar-refractivity contribution in [1.29, 1.82) is 0 Å². The van der Waals surface area contributed by atoms with Gasteiger partial charge >= 0.3 is 6.03 Å². The Labute approximate surface area is 148 Å². The summed E-state index contributed by atoms with van der Waals surface area (Å²) in [6, 6.07) is 7.19. The molecule has 134 valence electrons. The van der Waals surface area contributed by atoms with Crippen molar-refractivity contribution in [2.24, 2.45) is 7.05 Å². The van der Waals surface area contributed by atoms with Gasteiger partial charge in [-0.2, -0.15) is 5.10 Å². The summed E-state index contributed by atoms with van der Waals surface area (Å²) in [5.41, 5.74) is 5.37. The number of hydrogen-bond acceptors (Lipinski definition) is 3. The van der Waals surface area contributed by atoms with E-state index in [9.17, 15) is 9.90 Å². The van der Waals surface area contributed by atoms with Crippen LogP contribution in [0.2, 0.25) is 0 Å². The molecule has 3 unspecified atom stereocenters. The van der Waals surface area contributed by atoms with Crippen LogP contribution in [0.3, 0.4) is 0 Å². The minimum atomic E-state index is -0.582. The van der Waals surface area contributed by atoms with E-state index < -0.39 is 6.10 Å². The molecule has 0 saturated heterocycles. The number of aryl methyl sites for hydroxylation is 2. The molecule has 6 nitrogen and oxygen atoms in total. The van der Waals surface area contributed by atoms with E-state index in [-0.39, 0.29) is 18.1 Å². The highest BCUT2D eigenvalue weighted by molar-refractivity contribution is 5.75. The number of rotatable bonds is 4. The Morgan fingerprint density at radius 3 is 2.80 bits per heavy atom. The molecule has 1 heterocycles. The van der Waals surface area contributed by atoms with Crippen LogP contribution < -0.4 is 10.6 Å². The van der Waals surface area contributed by atoms with Gasteiger partial charge in [0.2, 0.25) is 0 Å². The van der Waals surface area contributed by atoms with Gasteiger partial charge < -0.3 is 15.7 Å². The normalized spacial score (nSPS) is 20.2. The van der Waals surface area contributed by atoms with Crippen LogP contribution >= 0.6 is 0 Å². The molecule has 0 radical (unpaired) electrons. The average molecular weight is 342 g/mol. The van der Waals surface area contributed by atoms with Crippen molar-refractivity contribution < 1.29 is 9.90 Å². The number of aliphatic hydroxyl groups excluding tert-OH is 1. The Morgan fingerprint density at radius 2 is 2.12 bits per heavy atom. The maximum Gasteiger partial charge on any atom is 0.315 e. The molecule has 1 aliphatic carbocycles. The van der Waals surface area contributed by atoms with Gasteiger partial charge in [-0.05, 0) is 43.9 Å². The number of amides is 2. The van der Waals surface area contributed by atoms with Crippen molar-refractivity contribution >= 4 is 6.03 Å². The Kier molecular flexibility index (Phi) is 4.81. The lowest BCUT2D eigenvalue weighted by Gasteiger charge is -2.21. The minimum absolute atomic E-state index is 0.0320. The number of carbonyl (C=O) groups is 1. The topological polar surface area (TPSA) is 79.2 Å². The molecule has 3 atom stereocenters. The molecule has 1 aromatic carbocycles. The predicted octanol–water partition coefficient (Wildman–Crippen LogP) is 1.93. The van der Waals surface area contributed by atoms with Gasteiger partial charge in [-0.3, -0.25) is 4.68 Å². The summed E-state index contributed by atoms with van der Waals surface area (Å²) in [5.74, 6) is 0. The maximum absolute atomic E-state index is 12.4. The second kappa shape index (κ2) is 6.88. The van der Waals surface area contributed by atoms with E-state index in [1.165, 1.54) is 5.56 Å². The number of hydrogen-bond donors (Lipinski definition) is 3. The van der Waals surface area contributed by atoms with Crippen LogP contribution in [0.25, 0.3) is 0 Å².